The second kappa shape index (κ2) is 3.01. The largest absolute Gasteiger partial charge is 0.333 e. The SMILES string of the molecule is O=C(S)c1nc2nc(Cl)ccc2[nH]1. The van der Waals surface area contributed by atoms with Gasteiger partial charge in [-0.25, -0.2) is 9.97 Å². The number of pyridine rings is 1. The Hall–Kier alpha value is -1.07. The van der Waals surface area contributed by atoms with Crippen LogP contribution in [0.15, 0.2) is 12.1 Å². The van der Waals surface area contributed by atoms with Crippen molar-refractivity contribution in [2.45, 2.75) is 0 Å². The first-order valence-electron chi connectivity index (χ1n) is 3.42. The fraction of sp³-hybridized carbons (Fsp3) is 0. The molecule has 0 aliphatic heterocycles. The van der Waals surface area contributed by atoms with Gasteiger partial charge in [-0.2, -0.15) is 0 Å². The molecule has 0 atom stereocenters. The van der Waals surface area contributed by atoms with Gasteiger partial charge in [0.1, 0.15) is 5.15 Å². The molecule has 0 fully saturated rings. The fourth-order valence-electron chi connectivity index (χ4n) is 0.971. The van der Waals surface area contributed by atoms with E-state index in [2.05, 4.69) is 27.6 Å². The molecule has 0 unspecified atom stereocenters. The third-order valence-corrected chi connectivity index (χ3v) is 1.94. The number of thiol groups is 1. The lowest BCUT2D eigenvalue weighted by Crippen LogP contribution is -1.90. The van der Waals surface area contributed by atoms with Crippen LogP contribution >= 0.6 is 24.2 Å². The molecule has 0 amide bonds. The number of aromatic nitrogens is 3. The summed E-state index contributed by atoms with van der Waals surface area (Å²) in [5, 5.41) is -0.0775. The van der Waals surface area contributed by atoms with Crippen molar-refractivity contribution in [1.29, 1.82) is 0 Å². The summed E-state index contributed by atoms with van der Waals surface area (Å²) in [5.74, 6) is 0.174. The van der Waals surface area contributed by atoms with E-state index in [0.29, 0.717) is 16.3 Å². The third-order valence-electron chi connectivity index (χ3n) is 1.51. The third kappa shape index (κ3) is 1.52. The highest BCUT2D eigenvalue weighted by Crippen LogP contribution is 2.13. The number of carbonyl (C=O) groups is 1. The lowest BCUT2D eigenvalue weighted by atomic mass is 10.4. The number of fused-ring (bicyclic) bond motifs is 1. The minimum Gasteiger partial charge on any atom is -0.333 e. The van der Waals surface area contributed by atoms with Crippen LogP contribution in [0.1, 0.15) is 10.6 Å². The molecule has 13 heavy (non-hydrogen) atoms. The minimum atomic E-state index is -0.422. The number of hydrogen-bond donors (Lipinski definition) is 2. The maximum atomic E-state index is 10.8. The average molecular weight is 214 g/mol. The standard InChI is InChI=1S/C7H4ClN3OS/c8-4-2-1-3-5(10-4)11-6(9-3)7(12)13/h1-2H,(H,12,13)(H,9,10,11). The highest BCUT2D eigenvalue weighted by atomic mass is 35.5. The van der Waals surface area contributed by atoms with Crippen LogP contribution in [0.5, 0.6) is 0 Å². The molecule has 0 radical (unpaired) electrons. The van der Waals surface area contributed by atoms with Crippen LogP contribution in [0.4, 0.5) is 0 Å². The van der Waals surface area contributed by atoms with Gasteiger partial charge in [-0.1, -0.05) is 24.2 Å². The highest BCUT2D eigenvalue weighted by molar-refractivity contribution is 7.97. The molecular weight excluding hydrogens is 210 g/mol. The smallest absolute Gasteiger partial charge is 0.251 e. The zero-order valence-electron chi connectivity index (χ0n) is 6.28. The first kappa shape index (κ1) is 8.52. The van der Waals surface area contributed by atoms with Crippen molar-refractivity contribution in [2.24, 2.45) is 0 Å². The molecule has 0 aliphatic carbocycles. The number of nitrogens with one attached hydrogen (secondary N) is 1. The van der Waals surface area contributed by atoms with E-state index in [0.717, 1.165) is 0 Å². The van der Waals surface area contributed by atoms with Crippen LogP contribution in [0.3, 0.4) is 0 Å². The normalized spacial score (nSPS) is 10.6. The molecule has 2 aromatic rings. The van der Waals surface area contributed by atoms with Crippen molar-refractivity contribution in [3.8, 4) is 0 Å². The highest BCUT2D eigenvalue weighted by Gasteiger charge is 2.07. The van der Waals surface area contributed by atoms with E-state index in [1.165, 1.54) is 0 Å². The van der Waals surface area contributed by atoms with Gasteiger partial charge < -0.3 is 4.98 Å². The van der Waals surface area contributed by atoms with Gasteiger partial charge in [-0.15, -0.1) is 0 Å². The summed E-state index contributed by atoms with van der Waals surface area (Å²) in [6, 6.07) is 3.33. The Labute approximate surface area is 83.7 Å². The molecule has 2 heterocycles. The van der Waals surface area contributed by atoms with Crippen LogP contribution in [-0.4, -0.2) is 20.1 Å². The number of carbonyl (C=O) groups excluding carboxylic acids is 1. The molecule has 66 valence electrons. The van der Waals surface area contributed by atoms with Gasteiger partial charge in [-0.3, -0.25) is 4.79 Å². The minimum absolute atomic E-state index is 0.174. The maximum Gasteiger partial charge on any atom is 0.251 e. The summed E-state index contributed by atoms with van der Waals surface area (Å²) in [6.07, 6.45) is 0. The van der Waals surface area contributed by atoms with Crippen molar-refractivity contribution in [3.63, 3.8) is 0 Å². The van der Waals surface area contributed by atoms with Crippen molar-refractivity contribution in [1.82, 2.24) is 15.0 Å². The molecule has 6 heteroatoms. The Morgan fingerprint density at radius 3 is 2.92 bits per heavy atom. The summed E-state index contributed by atoms with van der Waals surface area (Å²) in [6.45, 7) is 0. The van der Waals surface area contributed by atoms with E-state index in [1.807, 2.05) is 0 Å². The van der Waals surface area contributed by atoms with Gasteiger partial charge in [0.25, 0.3) is 5.12 Å². The number of halogens is 1. The first-order chi connectivity index (χ1) is 6.16. The van der Waals surface area contributed by atoms with Crippen LogP contribution in [0.2, 0.25) is 5.15 Å². The summed E-state index contributed by atoms with van der Waals surface area (Å²) < 4.78 is 0. The van der Waals surface area contributed by atoms with Crippen LogP contribution in [0.25, 0.3) is 11.2 Å². The fourth-order valence-corrected chi connectivity index (χ4v) is 1.22. The average Bonchev–Trinajstić information content (AvgIpc) is 2.46. The van der Waals surface area contributed by atoms with Gasteiger partial charge >= 0.3 is 0 Å². The summed E-state index contributed by atoms with van der Waals surface area (Å²) >= 11 is 9.27. The van der Waals surface area contributed by atoms with Gasteiger partial charge in [0.05, 0.1) is 5.52 Å². The maximum absolute atomic E-state index is 10.8. The molecule has 0 spiro atoms. The predicted octanol–water partition coefficient (Wildman–Crippen LogP) is 1.68. The number of H-pyrrole nitrogens is 1. The van der Waals surface area contributed by atoms with Crippen LogP contribution in [-0.2, 0) is 0 Å². The van der Waals surface area contributed by atoms with E-state index < -0.39 is 5.12 Å². The quantitative estimate of drug-likeness (QED) is 0.560. The molecule has 2 aromatic heterocycles. The van der Waals surface area contributed by atoms with Gasteiger partial charge in [0, 0.05) is 0 Å². The van der Waals surface area contributed by atoms with E-state index in [4.69, 9.17) is 11.6 Å². The van der Waals surface area contributed by atoms with Crippen molar-refractivity contribution >= 4 is 40.5 Å². The van der Waals surface area contributed by atoms with Crippen molar-refractivity contribution in [3.05, 3.63) is 23.1 Å². The second-order valence-corrected chi connectivity index (χ2v) is 3.19. The van der Waals surface area contributed by atoms with Gasteiger partial charge in [-0.05, 0) is 12.1 Å². The summed E-state index contributed by atoms with van der Waals surface area (Å²) in [4.78, 5) is 21.4. The first-order valence-corrected chi connectivity index (χ1v) is 4.25. The number of aromatic amines is 1. The second-order valence-electron chi connectivity index (χ2n) is 2.40. The molecular formula is C7H4ClN3OS. The monoisotopic (exact) mass is 213 g/mol. The molecule has 2 rings (SSSR count). The molecule has 0 aliphatic rings. The lowest BCUT2D eigenvalue weighted by Gasteiger charge is -1.86. The molecule has 1 N–H and O–H groups in total. The zero-order chi connectivity index (χ0) is 9.42. The molecule has 4 nitrogen and oxygen atoms in total. The number of hydrogen-bond acceptors (Lipinski definition) is 3. The van der Waals surface area contributed by atoms with Crippen molar-refractivity contribution < 1.29 is 4.79 Å². The number of imidazole rings is 1. The predicted molar refractivity (Wildman–Crippen MR) is 52.2 cm³/mol. The van der Waals surface area contributed by atoms with Crippen LogP contribution < -0.4 is 0 Å². The topological polar surface area (TPSA) is 58.6 Å². The van der Waals surface area contributed by atoms with E-state index in [9.17, 15) is 4.79 Å². The number of nitrogens with zero attached hydrogens (tertiary/aromatic N) is 2. The molecule has 0 saturated heterocycles. The van der Waals surface area contributed by atoms with Crippen LogP contribution in [0, 0.1) is 0 Å². The van der Waals surface area contributed by atoms with Gasteiger partial charge in [0.2, 0.25) is 0 Å². The zero-order valence-corrected chi connectivity index (χ0v) is 7.93. The van der Waals surface area contributed by atoms with Crippen molar-refractivity contribution in [2.75, 3.05) is 0 Å². The Bertz CT molecular complexity index is 482. The number of rotatable bonds is 1. The molecule has 0 saturated carbocycles. The Morgan fingerprint density at radius 2 is 2.23 bits per heavy atom. The van der Waals surface area contributed by atoms with E-state index >= 15 is 0 Å². The lowest BCUT2D eigenvalue weighted by molar-refractivity contribution is 0.108. The molecule has 0 aromatic carbocycles. The summed E-state index contributed by atoms with van der Waals surface area (Å²) in [5.41, 5.74) is 1.09. The summed E-state index contributed by atoms with van der Waals surface area (Å²) in [7, 11) is 0. The van der Waals surface area contributed by atoms with E-state index in [1.54, 1.807) is 12.1 Å². The van der Waals surface area contributed by atoms with Gasteiger partial charge in [0.15, 0.2) is 11.5 Å². The molecule has 0 bridgehead atoms. The Balaban J connectivity index is 2.68. The Morgan fingerprint density at radius 1 is 1.46 bits per heavy atom. The Kier molecular flexibility index (Phi) is 1.97. The van der Waals surface area contributed by atoms with E-state index in [-0.39, 0.29) is 5.82 Å².